The van der Waals surface area contributed by atoms with Crippen LogP contribution in [0.1, 0.15) is 45.1 Å². The largest absolute Gasteiger partial charge is 0.475 e. The molecule has 7 nitrogen and oxygen atoms in total. The summed E-state index contributed by atoms with van der Waals surface area (Å²) in [4.78, 5) is 26.1. The molecule has 1 heterocycles. The first kappa shape index (κ1) is 21.9. The van der Waals surface area contributed by atoms with Crippen LogP contribution >= 0.6 is 0 Å². The lowest BCUT2D eigenvalue weighted by Gasteiger charge is -2.42. The number of nitriles is 1. The molecule has 1 aromatic carbocycles. The fourth-order valence-corrected chi connectivity index (χ4v) is 3.27. The Kier molecular flexibility index (Phi) is 7.55. The lowest BCUT2D eigenvalue weighted by molar-refractivity contribution is -0.126. The number of Topliss-reactive ketones (excluding diaryl/α,β-unsaturated/α-hetero) is 1. The smallest absolute Gasteiger partial charge is 0.426 e. The average molecular weight is 389 g/mol. The minimum absolute atomic E-state index is 0.0131. The third kappa shape index (κ3) is 5.53. The number of nitrogens with one attached hydrogen (secondary N) is 1. The molecule has 0 aliphatic carbocycles. The van der Waals surface area contributed by atoms with Gasteiger partial charge >= 0.3 is 7.12 Å². The van der Waals surface area contributed by atoms with Gasteiger partial charge in [0.1, 0.15) is 5.82 Å². The molecule has 150 valence electrons. The van der Waals surface area contributed by atoms with E-state index in [0.717, 1.165) is 6.07 Å². The summed E-state index contributed by atoms with van der Waals surface area (Å²) in [5, 5.41) is 30.1. The highest BCUT2D eigenvalue weighted by Crippen LogP contribution is 2.30. The molecule has 1 amide bonds. The second-order valence-corrected chi connectivity index (χ2v) is 7.46. The number of amides is 1. The number of ketones is 1. The average Bonchev–Trinajstić information content (AvgIpc) is 2.59. The van der Waals surface area contributed by atoms with Gasteiger partial charge in [-0.2, -0.15) is 5.26 Å². The summed E-state index contributed by atoms with van der Waals surface area (Å²) < 4.78 is 14.2. The molecular formula is C19H25BFN3O4. The topological polar surface area (TPSA) is 114 Å². The zero-order valence-corrected chi connectivity index (χ0v) is 16.1. The molecule has 1 aromatic rings. The summed E-state index contributed by atoms with van der Waals surface area (Å²) in [6.07, 6.45) is 0.901. The van der Waals surface area contributed by atoms with Crippen molar-refractivity contribution in [3.63, 3.8) is 0 Å². The number of anilines is 1. The van der Waals surface area contributed by atoms with Crippen molar-refractivity contribution in [2.45, 2.75) is 51.5 Å². The summed E-state index contributed by atoms with van der Waals surface area (Å²) >= 11 is 0. The minimum atomic E-state index is -1.66. The van der Waals surface area contributed by atoms with Crippen molar-refractivity contribution >= 4 is 24.5 Å². The van der Waals surface area contributed by atoms with Crippen molar-refractivity contribution < 1.29 is 24.0 Å². The maximum absolute atomic E-state index is 14.2. The normalized spacial score (nSPS) is 16.9. The van der Waals surface area contributed by atoms with E-state index >= 15 is 0 Å². The predicted molar refractivity (Wildman–Crippen MR) is 103 cm³/mol. The van der Waals surface area contributed by atoms with Crippen molar-refractivity contribution in [3.05, 3.63) is 29.6 Å². The molecule has 0 aromatic heterocycles. The number of carbonyl (C=O) groups excluding carboxylic acids is 2. The molecule has 1 aliphatic heterocycles. The Bertz CT molecular complexity index is 766. The van der Waals surface area contributed by atoms with Crippen LogP contribution < -0.4 is 10.2 Å². The van der Waals surface area contributed by atoms with E-state index < -0.39 is 30.8 Å². The van der Waals surface area contributed by atoms with Crippen LogP contribution in [0.25, 0.3) is 0 Å². The van der Waals surface area contributed by atoms with Crippen molar-refractivity contribution in [1.82, 2.24) is 5.32 Å². The monoisotopic (exact) mass is 389 g/mol. The van der Waals surface area contributed by atoms with E-state index in [-0.39, 0.29) is 35.8 Å². The number of hydrogen-bond donors (Lipinski definition) is 3. The van der Waals surface area contributed by atoms with Gasteiger partial charge in [0.25, 0.3) is 0 Å². The second kappa shape index (κ2) is 9.67. The Balaban J connectivity index is 1.89. The van der Waals surface area contributed by atoms with Crippen LogP contribution in [0.5, 0.6) is 0 Å². The molecule has 0 spiro atoms. The van der Waals surface area contributed by atoms with Gasteiger partial charge in [-0.25, -0.2) is 4.39 Å². The molecule has 0 radical (unpaired) electrons. The molecule has 28 heavy (non-hydrogen) atoms. The van der Waals surface area contributed by atoms with Crippen LogP contribution in [0.3, 0.4) is 0 Å². The van der Waals surface area contributed by atoms with Gasteiger partial charge in [-0.1, -0.05) is 13.8 Å². The van der Waals surface area contributed by atoms with Gasteiger partial charge in [0.05, 0.1) is 29.3 Å². The highest BCUT2D eigenvalue weighted by atomic mass is 19.1. The van der Waals surface area contributed by atoms with E-state index in [1.165, 1.54) is 12.1 Å². The highest BCUT2D eigenvalue weighted by Gasteiger charge is 2.35. The Hall–Kier alpha value is -2.44. The highest BCUT2D eigenvalue weighted by molar-refractivity contribution is 6.43. The van der Waals surface area contributed by atoms with Crippen molar-refractivity contribution in [1.29, 1.82) is 5.26 Å². The van der Waals surface area contributed by atoms with Crippen molar-refractivity contribution in [2.24, 2.45) is 5.92 Å². The molecule has 1 fully saturated rings. The molecule has 0 unspecified atom stereocenters. The lowest BCUT2D eigenvalue weighted by atomic mass is 9.75. The van der Waals surface area contributed by atoms with Gasteiger partial charge in [-0.15, -0.1) is 0 Å². The van der Waals surface area contributed by atoms with E-state index in [4.69, 9.17) is 5.26 Å². The van der Waals surface area contributed by atoms with Gasteiger partial charge in [0.2, 0.25) is 5.91 Å². The number of benzene rings is 1. The van der Waals surface area contributed by atoms with Crippen LogP contribution in [0.4, 0.5) is 10.1 Å². The third-order valence-electron chi connectivity index (χ3n) is 4.81. The van der Waals surface area contributed by atoms with Crippen molar-refractivity contribution in [2.75, 3.05) is 11.4 Å². The maximum atomic E-state index is 14.2. The molecule has 2 rings (SSSR count). The number of rotatable bonds is 9. The zero-order valence-electron chi connectivity index (χ0n) is 16.1. The van der Waals surface area contributed by atoms with Crippen LogP contribution in [-0.2, 0) is 9.59 Å². The SMILES string of the molecule is CC(C)C[C@@H](NC(=O)CCC(=O)[C@@H]1CCN1c1ccc(C#N)cc1F)B(O)O. The summed E-state index contributed by atoms with van der Waals surface area (Å²) in [5.41, 5.74) is 0.483. The van der Waals surface area contributed by atoms with Gasteiger partial charge in [-0.3, -0.25) is 9.59 Å². The van der Waals surface area contributed by atoms with Gasteiger partial charge < -0.3 is 20.3 Å². The number of hydrogen-bond acceptors (Lipinski definition) is 6. The fourth-order valence-electron chi connectivity index (χ4n) is 3.27. The quantitative estimate of drug-likeness (QED) is 0.547. The molecule has 0 saturated carbocycles. The Morgan fingerprint density at radius 2 is 2.11 bits per heavy atom. The first-order chi connectivity index (χ1) is 13.2. The minimum Gasteiger partial charge on any atom is -0.426 e. The molecule has 9 heteroatoms. The Morgan fingerprint density at radius 1 is 1.39 bits per heavy atom. The van der Waals surface area contributed by atoms with Crippen LogP contribution in [0.2, 0.25) is 0 Å². The molecule has 1 aliphatic rings. The summed E-state index contributed by atoms with van der Waals surface area (Å²) in [5.74, 6) is -1.77. The van der Waals surface area contributed by atoms with Gasteiger partial charge in [0, 0.05) is 19.4 Å². The van der Waals surface area contributed by atoms with E-state index in [0.29, 0.717) is 19.4 Å². The van der Waals surface area contributed by atoms with E-state index in [2.05, 4.69) is 5.32 Å². The molecule has 0 bridgehead atoms. The second-order valence-electron chi connectivity index (χ2n) is 7.46. The fraction of sp³-hybridized carbons (Fsp3) is 0.526. The number of halogens is 1. The Labute approximate surface area is 164 Å². The third-order valence-corrected chi connectivity index (χ3v) is 4.81. The van der Waals surface area contributed by atoms with E-state index in [9.17, 15) is 24.0 Å². The van der Waals surface area contributed by atoms with E-state index in [1.807, 2.05) is 19.9 Å². The number of nitrogens with zero attached hydrogens (tertiary/aromatic N) is 2. The summed E-state index contributed by atoms with van der Waals surface area (Å²) in [6, 6.07) is 5.49. The van der Waals surface area contributed by atoms with Crippen LogP contribution in [0, 0.1) is 23.1 Å². The standard InChI is InChI=1S/C19H25BFN3O4/c1-12(2)9-18(20(27)28)23-19(26)6-5-17(25)16-7-8-24(16)15-4-3-13(11-22)10-14(15)21/h3-4,10,12,16,18,27-28H,5-9H2,1-2H3,(H,23,26)/t16-,18+/m0/s1. The predicted octanol–water partition coefficient (Wildman–Crippen LogP) is 1.17. The molecule has 3 N–H and O–H groups in total. The first-order valence-electron chi connectivity index (χ1n) is 9.37. The Morgan fingerprint density at radius 3 is 2.61 bits per heavy atom. The summed E-state index contributed by atoms with van der Waals surface area (Å²) in [7, 11) is -1.66. The van der Waals surface area contributed by atoms with E-state index in [1.54, 1.807) is 4.90 Å². The summed E-state index contributed by atoms with van der Waals surface area (Å²) in [6.45, 7) is 4.33. The molecule has 1 saturated heterocycles. The zero-order chi connectivity index (χ0) is 20.8. The van der Waals surface area contributed by atoms with Gasteiger partial charge in [0.15, 0.2) is 5.78 Å². The lowest BCUT2D eigenvalue weighted by Crippen LogP contribution is -2.53. The van der Waals surface area contributed by atoms with Crippen LogP contribution in [0.15, 0.2) is 18.2 Å². The first-order valence-corrected chi connectivity index (χ1v) is 9.37. The molecule has 2 atom stereocenters. The van der Waals surface area contributed by atoms with Gasteiger partial charge in [-0.05, 0) is 37.0 Å². The van der Waals surface area contributed by atoms with Crippen LogP contribution in [-0.4, -0.2) is 47.4 Å². The molecular weight excluding hydrogens is 364 g/mol. The number of carbonyl (C=O) groups is 2. The maximum Gasteiger partial charge on any atom is 0.475 e. The van der Waals surface area contributed by atoms with Crippen molar-refractivity contribution in [3.8, 4) is 6.07 Å².